The molecule has 0 radical (unpaired) electrons. The number of amides is 3. The van der Waals surface area contributed by atoms with Crippen LogP contribution in [-0.2, 0) is 23.9 Å². The zero-order valence-corrected chi connectivity index (χ0v) is 19.5. The molecule has 0 aliphatic rings. The Morgan fingerprint density at radius 2 is 1.52 bits per heavy atom. The zero-order valence-electron chi connectivity index (χ0n) is 18.7. The highest BCUT2D eigenvalue weighted by molar-refractivity contribution is 7.96. The van der Waals surface area contributed by atoms with Crippen LogP contribution in [0.25, 0.3) is 0 Å². The van der Waals surface area contributed by atoms with Crippen LogP contribution in [0, 0.1) is 17.8 Å². The molecule has 0 aliphatic carbocycles. The normalized spacial score (nSPS) is 13.3. The lowest BCUT2D eigenvalue weighted by atomic mass is 9.99. The number of ether oxygens (including phenoxy) is 1. The first kappa shape index (κ1) is 27.4. The number of nitrogens with one attached hydrogen (secondary N) is 2. The fourth-order valence-corrected chi connectivity index (χ4v) is 3.08. The van der Waals surface area contributed by atoms with Crippen LogP contribution in [0.15, 0.2) is 0 Å². The largest absolute Gasteiger partial charge is 0.379 e. The summed E-state index contributed by atoms with van der Waals surface area (Å²) in [4.78, 5) is 49.7. The van der Waals surface area contributed by atoms with Crippen molar-refractivity contribution in [3.63, 3.8) is 0 Å². The molecule has 0 rings (SSSR count). The van der Waals surface area contributed by atoms with Gasteiger partial charge in [0, 0.05) is 19.5 Å². The second kappa shape index (κ2) is 13.6. The summed E-state index contributed by atoms with van der Waals surface area (Å²) < 4.78 is 5.40. The summed E-state index contributed by atoms with van der Waals surface area (Å²) in [6.45, 7) is 11.8. The molecule has 2 atom stereocenters. The minimum Gasteiger partial charge on any atom is -0.379 e. The van der Waals surface area contributed by atoms with Crippen LogP contribution in [0.1, 0.15) is 48.0 Å². The monoisotopic (exact) mass is 431 g/mol. The highest BCUT2D eigenvalue weighted by atomic mass is 32.1. The Hall–Kier alpha value is -1.61. The molecular weight excluding hydrogens is 394 g/mol. The SMILES string of the molecule is CC(C)C(=O)NCCOCCC(=O)N(C)[C@H](C(=O)N[C@H](C(=O)S)C(C)C)C(C)C. The van der Waals surface area contributed by atoms with Crippen molar-refractivity contribution >= 4 is 35.5 Å². The number of hydrogen-bond donors (Lipinski definition) is 3. The quantitative estimate of drug-likeness (QED) is 0.301. The van der Waals surface area contributed by atoms with Crippen molar-refractivity contribution in [2.75, 3.05) is 26.8 Å². The molecular formula is C20H37N3O5S. The van der Waals surface area contributed by atoms with Gasteiger partial charge in [-0.2, -0.15) is 0 Å². The number of carbonyl (C=O) groups excluding carboxylic acids is 4. The molecule has 0 heterocycles. The van der Waals surface area contributed by atoms with Crippen LogP contribution in [0.4, 0.5) is 0 Å². The molecule has 0 spiro atoms. The van der Waals surface area contributed by atoms with Gasteiger partial charge in [0.05, 0.1) is 19.6 Å². The van der Waals surface area contributed by atoms with Gasteiger partial charge in [0.15, 0.2) is 0 Å². The lowest BCUT2D eigenvalue weighted by molar-refractivity contribution is -0.142. The first-order valence-corrected chi connectivity index (χ1v) is 10.5. The standard InChI is InChI=1S/C20H37N3O5S/c1-12(2)16(20(27)29)22-19(26)17(13(3)4)23(7)15(24)8-10-28-11-9-21-18(25)14(5)6/h12-14,16-17H,8-11H2,1-7H3,(H,21,25)(H,22,26)(H,27,29)/t16-,17-/m0/s1. The number of nitrogens with zero attached hydrogens (tertiary/aromatic N) is 1. The van der Waals surface area contributed by atoms with Gasteiger partial charge in [-0.1, -0.05) is 41.5 Å². The third kappa shape index (κ3) is 10.1. The van der Waals surface area contributed by atoms with E-state index in [1.807, 2.05) is 41.5 Å². The second-order valence-electron chi connectivity index (χ2n) is 8.07. The minimum atomic E-state index is -0.708. The molecule has 168 valence electrons. The highest BCUT2D eigenvalue weighted by Gasteiger charge is 2.32. The maximum absolute atomic E-state index is 12.7. The molecule has 0 aromatic heterocycles. The van der Waals surface area contributed by atoms with Crippen LogP contribution in [0.2, 0.25) is 0 Å². The minimum absolute atomic E-state index is 0.0467. The van der Waals surface area contributed by atoms with E-state index in [0.29, 0.717) is 13.2 Å². The average molecular weight is 432 g/mol. The summed E-state index contributed by atoms with van der Waals surface area (Å²) in [6, 6.07) is -1.42. The van der Waals surface area contributed by atoms with Crippen molar-refractivity contribution in [3.8, 4) is 0 Å². The van der Waals surface area contributed by atoms with E-state index in [2.05, 4.69) is 23.3 Å². The Morgan fingerprint density at radius 1 is 0.931 bits per heavy atom. The van der Waals surface area contributed by atoms with Crippen molar-refractivity contribution in [2.45, 2.75) is 60.0 Å². The highest BCUT2D eigenvalue weighted by Crippen LogP contribution is 2.13. The summed E-state index contributed by atoms with van der Waals surface area (Å²) in [6.07, 6.45) is 0.115. The summed E-state index contributed by atoms with van der Waals surface area (Å²) in [5.41, 5.74) is 0. The van der Waals surface area contributed by atoms with E-state index in [1.54, 1.807) is 7.05 Å². The molecule has 9 heteroatoms. The molecule has 0 unspecified atom stereocenters. The van der Waals surface area contributed by atoms with Crippen LogP contribution in [0.5, 0.6) is 0 Å². The van der Waals surface area contributed by atoms with Crippen molar-refractivity contribution < 1.29 is 23.9 Å². The Kier molecular flexibility index (Phi) is 12.8. The van der Waals surface area contributed by atoms with Crippen LogP contribution >= 0.6 is 12.6 Å². The molecule has 29 heavy (non-hydrogen) atoms. The third-order valence-corrected chi connectivity index (χ3v) is 4.75. The van der Waals surface area contributed by atoms with Gasteiger partial charge < -0.3 is 20.3 Å². The van der Waals surface area contributed by atoms with Crippen molar-refractivity contribution in [1.29, 1.82) is 0 Å². The lowest BCUT2D eigenvalue weighted by Gasteiger charge is -2.32. The molecule has 0 bridgehead atoms. The summed E-state index contributed by atoms with van der Waals surface area (Å²) >= 11 is 3.84. The van der Waals surface area contributed by atoms with Crippen LogP contribution in [-0.4, -0.2) is 66.6 Å². The van der Waals surface area contributed by atoms with E-state index in [4.69, 9.17) is 4.74 Å². The van der Waals surface area contributed by atoms with E-state index in [-0.39, 0.29) is 48.5 Å². The van der Waals surface area contributed by atoms with Gasteiger partial charge in [0.25, 0.3) is 0 Å². The second-order valence-corrected chi connectivity index (χ2v) is 8.51. The van der Waals surface area contributed by atoms with Crippen LogP contribution < -0.4 is 10.6 Å². The predicted molar refractivity (Wildman–Crippen MR) is 115 cm³/mol. The van der Waals surface area contributed by atoms with Gasteiger partial charge in [-0.25, -0.2) is 0 Å². The van der Waals surface area contributed by atoms with Gasteiger partial charge in [-0.15, -0.1) is 12.6 Å². The zero-order chi connectivity index (χ0) is 22.7. The first-order chi connectivity index (χ1) is 13.4. The summed E-state index contributed by atoms with van der Waals surface area (Å²) in [5, 5.41) is 5.02. The Labute approximate surface area is 179 Å². The van der Waals surface area contributed by atoms with Crippen molar-refractivity contribution in [2.24, 2.45) is 17.8 Å². The van der Waals surface area contributed by atoms with Gasteiger partial charge in [0.1, 0.15) is 12.1 Å². The molecule has 2 N–H and O–H groups in total. The van der Waals surface area contributed by atoms with E-state index in [9.17, 15) is 19.2 Å². The predicted octanol–water partition coefficient (Wildman–Crippen LogP) is 1.25. The van der Waals surface area contributed by atoms with Gasteiger partial charge in [-0.3, -0.25) is 19.2 Å². The molecule has 0 saturated carbocycles. The number of thiol groups is 1. The average Bonchev–Trinajstić information content (AvgIpc) is 2.60. The first-order valence-electron chi connectivity index (χ1n) is 10.0. The fourth-order valence-electron chi connectivity index (χ4n) is 2.72. The Balaban J connectivity index is 4.62. The number of likely N-dealkylation sites (N-methyl/N-ethyl adjacent to an activating group) is 1. The Morgan fingerprint density at radius 3 is 1.97 bits per heavy atom. The van der Waals surface area contributed by atoms with Crippen molar-refractivity contribution in [3.05, 3.63) is 0 Å². The maximum Gasteiger partial charge on any atom is 0.243 e. The number of carbonyl (C=O) groups is 4. The van der Waals surface area contributed by atoms with Gasteiger partial charge in [-0.05, 0) is 11.8 Å². The van der Waals surface area contributed by atoms with E-state index in [0.717, 1.165) is 0 Å². The third-order valence-electron chi connectivity index (χ3n) is 4.47. The molecule has 0 aromatic carbocycles. The van der Waals surface area contributed by atoms with Crippen LogP contribution in [0.3, 0.4) is 0 Å². The van der Waals surface area contributed by atoms with E-state index >= 15 is 0 Å². The Bertz CT molecular complexity index is 566. The smallest absolute Gasteiger partial charge is 0.243 e. The van der Waals surface area contributed by atoms with Gasteiger partial charge in [0.2, 0.25) is 22.8 Å². The summed E-state index contributed by atoms with van der Waals surface area (Å²) in [7, 11) is 1.57. The van der Waals surface area contributed by atoms with E-state index in [1.165, 1.54) is 4.90 Å². The van der Waals surface area contributed by atoms with Crippen molar-refractivity contribution in [1.82, 2.24) is 15.5 Å². The molecule has 0 saturated heterocycles. The molecule has 0 aliphatic heterocycles. The topological polar surface area (TPSA) is 105 Å². The number of hydrogen-bond acceptors (Lipinski definition) is 5. The van der Waals surface area contributed by atoms with Gasteiger partial charge >= 0.3 is 0 Å². The maximum atomic E-state index is 12.7. The molecule has 0 aromatic rings. The number of rotatable bonds is 13. The summed E-state index contributed by atoms with van der Waals surface area (Å²) in [5.74, 6) is -0.994. The van der Waals surface area contributed by atoms with E-state index < -0.39 is 17.2 Å². The molecule has 0 fully saturated rings. The molecule has 8 nitrogen and oxygen atoms in total. The fraction of sp³-hybridized carbons (Fsp3) is 0.800. The molecule has 3 amide bonds. The lowest BCUT2D eigenvalue weighted by Crippen LogP contribution is -2.54.